The minimum Gasteiger partial charge on any atom is -0.493 e. The Morgan fingerprint density at radius 1 is 1.23 bits per heavy atom. The van der Waals surface area contributed by atoms with Gasteiger partial charge in [-0.1, -0.05) is 11.6 Å². The van der Waals surface area contributed by atoms with Crippen molar-refractivity contribution in [1.82, 2.24) is 9.55 Å². The number of nitrogens with zero attached hydrogens (tertiary/aromatic N) is 3. The van der Waals surface area contributed by atoms with Crippen LogP contribution in [0.15, 0.2) is 30.3 Å². The van der Waals surface area contributed by atoms with Crippen LogP contribution in [0.2, 0.25) is 5.02 Å². The van der Waals surface area contributed by atoms with E-state index in [1.165, 1.54) is 20.3 Å². The second-order valence-corrected chi connectivity index (χ2v) is 6.53. The van der Waals surface area contributed by atoms with E-state index in [1.807, 2.05) is 0 Å². The number of ether oxygens (including phenoxy) is 3. The van der Waals surface area contributed by atoms with Gasteiger partial charge in [0.25, 0.3) is 5.69 Å². The zero-order chi connectivity index (χ0) is 21.8. The fraction of sp³-hybridized carbons (Fsp3) is 0.263. The maximum atomic E-state index is 12.6. The molecule has 0 aliphatic heterocycles. The molecule has 0 spiro atoms. The van der Waals surface area contributed by atoms with Gasteiger partial charge in [-0.2, -0.15) is 0 Å². The molecule has 0 bridgehead atoms. The summed E-state index contributed by atoms with van der Waals surface area (Å²) in [5.41, 5.74) is 0.509. The molecule has 10 nitrogen and oxygen atoms in total. The maximum absolute atomic E-state index is 12.6. The second-order valence-electron chi connectivity index (χ2n) is 6.09. The molecular formula is C19H18ClN3O7. The van der Waals surface area contributed by atoms with Crippen molar-refractivity contribution < 1.29 is 29.0 Å². The monoisotopic (exact) mass is 435 g/mol. The third-order valence-electron chi connectivity index (χ3n) is 4.36. The van der Waals surface area contributed by atoms with Crippen molar-refractivity contribution in [2.75, 3.05) is 20.8 Å². The zero-order valence-electron chi connectivity index (χ0n) is 16.1. The third kappa shape index (κ3) is 4.14. The SMILES string of the molecule is COc1cc(C(=O)OCc2nc3ccc(Cl)cc3n2CCO)c([N+](=O)[O-])cc1OC. The number of carbonyl (C=O) groups excluding carboxylic acids is 1. The summed E-state index contributed by atoms with van der Waals surface area (Å²) in [5, 5.41) is 21.3. The van der Waals surface area contributed by atoms with Crippen LogP contribution in [0.25, 0.3) is 11.0 Å². The van der Waals surface area contributed by atoms with Crippen LogP contribution >= 0.6 is 11.6 Å². The topological polar surface area (TPSA) is 126 Å². The van der Waals surface area contributed by atoms with Gasteiger partial charge in [-0.05, 0) is 18.2 Å². The van der Waals surface area contributed by atoms with E-state index in [0.717, 1.165) is 6.07 Å². The number of benzene rings is 2. The number of aliphatic hydroxyl groups excluding tert-OH is 1. The van der Waals surface area contributed by atoms with Gasteiger partial charge in [0.1, 0.15) is 18.0 Å². The molecule has 0 fully saturated rings. The number of aliphatic hydroxyl groups is 1. The standard InChI is InChI=1S/C19H18ClN3O7/c1-28-16-8-12(14(23(26)27)9-17(16)29-2)19(25)30-10-18-21-13-4-3-11(20)7-15(13)22(18)5-6-24/h3-4,7-9,24H,5-6,10H2,1-2H3. The summed E-state index contributed by atoms with van der Waals surface area (Å²) in [6.45, 7) is -0.225. The molecular weight excluding hydrogens is 418 g/mol. The third-order valence-corrected chi connectivity index (χ3v) is 4.60. The van der Waals surface area contributed by atoms with Gasteiger partial charge in [0.15, 0.2) is 11.5 Å². The lowest BCUT2D eigenvalue weighted by atomic mass is 10.1. The van der Waals surface area contributed by atoms with Crippen molar-refractivity contribution in [2.45, 2.75) is 13.2 Å². The summed E-state index contributed by atoms with van der Waals surface area (Å²) in [6, 6.07) is 7.34. The van der Waals surface area contributed by atoms with E-state index < -0.39 is 16.6 Å². The molecule has 0 saturated heterocycles. The van der Waals surface area contributed by atoms with Gasteiger partial charge in [0.05, 0.1) is 42.8 Å². The summed E-state index contributed by atoms with van der Waals surface area (Å²) in [5.74, 6) is -0.305. The van der Waals surface area contributed by atoms with Gasteiger partial charge in [-0.25, -0.2) is 9.78 Å². The zero-order valence-corrected chi connectivity index (χ0v) is 16.9. The molecule has 3 aromatic rings. The number of halogens is 1. The Morgan fingerprint density at radius 2 is 1.93 bits per heavy atom. The van der Waals surface area contributed by atoms with E-state index in [-0.39, 0.29) is 36.8 Å². The summed E-state index contributed by atoms with van der Waals surface area (Å²) >= 11 is 6.03. The lowest BCUT2D eigenvalue weighted by Gasteiger charge is -2.11. The Hall–Kier alpha value is -3.37. The van der Waals surface area contributed by atoms with Crippen molar-refractivity contribution in [3.63, 3.8) is 0 Å². The largest absolute Gasteiger partial charge is 0.493 e. The minimum absolute atomic E-state index is 0.113. The van der Waals surface area contributed by atoms with E-state index in [0.29, 0.717) is 21.9 Å². The van der Waals surface area contributed by atoms with E-state index >= 15 is 0 Å². The fourth-order valence-corrected chi connectivity index (χ4v) is 3.16. The van der Waals surface area contributed by atoms with E-state index in [9.17, 15) is 20.0 Å². The lowest BCUT2D eigenvalue weighted by Crippen LogP contribution is -2.13. The quantitative estimate of drug-likeness (QED) is 0.325. The molecule has 0 unspecified atom stereocenters. The summed E-state index contributed by atoms with van der Waals surface area (Å²) < 4.78 is 17.1. The van der Waals surface area contributed by atoms with Gasteiger partial charge in [0.2, 0.25) is 0 Å². The van der Waals surface area contributed by atoms with Gasteiger partial charge in [0, 0.05) is 17.6 Å². The Kier molecular flexibility index (Phi) is 6.38. The highest BCUT2D eigenvalue weighted by Gasteiger charge is 2.26. The highest BCUT2D eigenvalue weighted by molar-refractivity contribution is 6.31. The minimum atomic E-state index is -0.928. The van der Waals surface area contributed by atoms with Crippen LogP contribution in [0.1, 0.15) is 16.2 Å². The van der Waals surface area contributed by atoms with E-state index in [2.05, 4.69) is 4.98 Å². The molecule has 2 aromatic carbocycles. The van der Waals surface area contributed by atoms with Crippen molar-refractivity contribution in [1.29, 1.82) is 0 Å². The summed E-state index contributed by atoms with van der Waals surface area (Å²) in [7, 11) is 2.68. The molecule has 11 heteroatoms. The smallest absolute Gasteiger partial charge is 0.345 e. The number of nitro benzene ring substituents is 1. The van der Waals surface area contributed by atoms with Crippen LogP contribution in [0.5, 0.6) is 11.5 Å². The average Bonchev–Trinajstić information content (AvgIpc) is 3.07. The molecule has 3 rings (SSSR count). The number of hydrogen-bond acceptors (Lipinski definition) is 8. The number of carbonyl (C=O) groups is 1. The molecule has 0 atom stereocenters. The van der Waals surface area contributed by atoms with Gasteiger partial charge < -0.3 is 23.9 Å². The van der Waals surface area contributed by atoms with Gasteiger partial charge in [-0.15, -0.1) is 0 Å². The summed E-state index contributed by atoms with van der Waals surface area (Å²) in [6.07, 6.45) is 0. The van der Waals surface area contributed by atoms with Gasteiger partial charge >= 0.3 is 5.97 Å². The first-order chi connectivity index (χ1) is 14.4. The second kappa shape index (κ2) is 8.97. The van der Waals surface area contributed by atoms with Crippen molar-refractivity contribution >= 4 is 34.3 Å². The number of nitro groups is 1. The first-order valence-corrected chi connectivity index (χ1v) is 9.10. The van der Waals surface area contributed by atoms with Crippen LogP contribution in [0, 0.1) is 10.1 Å². The van der Waals surface area contributed by atoms with Crippen LogP contribution in [0.4, 0.5) is 5.69 Å². The van der Waals surface area contributed by atoms with Crippen LogP contribution in [-0.2, 0) is 17.9 Å². The molecule has 0 saturated carbocycles. The molecule has 0 aliphatic rings. The van der Waals surface area contributed by atoms with Crippen LogP contribution in [0.3, 0.4) is 0 Å². The highest BCUT2D eigenvalue weighted by Crippen LogP contribution is 2.35. The Morgan fingerprint density at radius 3 is 2.57 bits per heavy atom. The number of rotatable bonds is 8. The number of aromatic nitrogens is 2. The van der Waals surface area contributed by atoms with Crippen molar-refractivity contribution in [3.05, 3.63) is 56.9 Å². The van der Waals surface area contributed by atoms with Gasteiger partial charge in [-0.3, -0.25) is 10.1 Å². The highest BCUT2D eigenvalue weighted by atomic mass is 35.5. The van der Waals surface area contributed by atoms with Crippen LogP contribution < -0.4 is 9.47 Å². The number of fused-ring (bicyclic) bond motifs is 1. The van der Waals surface area contributed by atoms with E-state index in [4.69, 9.17) is 25.8 Å². The number of hydrogen-bond donors (Lipinski definition) is 1. The first kappa shape index (κ1) is 21.3. The fourth-order valence-electron chi connectivity index (χ4n) is 3.00. The van der Waals surface area contributed by atoms with Crippen molar-refractivity contribution in [3.8, 4) is 11.5 Å². The normalized spacial score (nSPS) is 10.8. The average molecular weight is 436 g/mol. The molecule has 0 aliphatic carbocycles. The predicted molar refractivity (Wildman–Crippen MR) is 107 cm³/mol. The summed E-state index contributed by atoms with van der Waals surface area (Å²) in [4.78, 5) is 27.7. The maximum Gasteiger partial charge on any atom is 0.345 e. The Labute approximate surface area is 175 Å². The van der Waals surface area contributed by atoms with E-state index in [1.54, 1.807) is 22.8 Å². The number of esters is 1. The predicted octanol–water partition coefficient (Wildman–Crippen LogP) is 2.96. The number of imidazole rings is 1. The Balaban J connectivity index is 1.92. The molecule has 0 radical (unpaired) electrons. The Bertz CT molecular complexity index is 1110. The lowest BCUT2D eigenvalue weighted by molar-refractivity contribution is -0.385. The first-order valence-electron chi connectivity index (χ1n) is 8.72. The molecule has 1 N–H and O–H groups in total. The molecule has 158 valence electrons. The molecule has 1 heterocycles. The molecule has 1 aromatic heterocycles. The van der Waals surface area contributed by atoms with Crippen molar-refractivity contribution in [2.24, 2.45) is 0 Å². The number of methoxy groups -OCH3 is 2. The molecule has 30 heavy (non-hydrogen) atoms. The van der Waals surface area contributed by atoms with Crippen LogP contribution in [-0.4, -0.2) is 46.4 Å². The molecule has 0 amide bonds.